The summed E-state index contributed by atoms with van der Waals surface area (Å²) in [7, 11) is -2.69. The fourth-order valence-corrected chi connectivity index (χ4v) is 3.09. The van der Waals surface area contributed by atoms with Crippen LogP contribution in [-0.2, 0) is 24.3 Å². The predicted molar refractivity (Wildman–Crippen MR) is 83.5 cm³/mol. The van der Waals surface area contributed by atoms with Gasteiger partial charge in [0, 0.05) is 6.54 Å². The second kappa shape index (κ2) is 8.44. The molecule has 8 heteroatoms. The van der Waals surface area contributed by atoms with Crippen LogP contribution in [0.5, 0.6) is 0 Å². The van der Waals surface area contributed by atoms with Crippen molar-refractivity contribution >= 4 is 22.5 Å². The van der Waals surface area contributed by atoms with E-state index in [9.17, 15) is 18.0 Å². The minimum absolute atomic E-state index is 0.0756. The van der Waals surface area contributed by atoms with E-state index in [-0.39, 0.29) is 24.6 Å². The highest BCUT2D eigenvalue weighted by molar-refractivity contribution is 7.89. The lowest BCUT2D eigenvalue weighted by atomic mass is 10.2. The van der Waals surface area contributed by atoms with Crippen molar-refractivity contribution < 1.29 is 27.5 Å². The van der Waals surface area contributed by atoms with Crippen LogP contribution in [0.15, 0.2) is 41.3 Å². The summed E-state index contributed by atoms with van der Waals surface area (Å²) in [4.78, 5) is 21.8. The highest BCUT2D eigenvalue weighted by Gasteiger charge is 2.24. The summed E-state index contributed by atoms with van der Waals surface area (Å²) in [5.74, 6) is 0. The largest absolute Gasteiger partial charge is 0.508 e. The molecule has 23 heavy (non-hydrogen) atoms. The molecule has 0 aliphatic carbocycles. The minimum Gasteiger partial charge on any atom is -0.438 e. The molecule has 0 bridgehead atoms. The van der Waals surface area contributed by atoms with E-state index in [4.69, 9.17) is 4.74 Å². The molecular weight excluding hydrogens is 322 g/mol. The molecule has 0 aliphatic heterocycles. The molecule has 0 heterocycles. The number of methoxy groups -OCH3 is 1. The molecule has 1 rings (SSSR count). The number of sulfonamides is 1. The van der Waals surface area contributed by atoms with Gasteiger partial charge in [-0.1, -0.05) is 24.3 Å². The van der Waals surface area contributed by atoms with Crippen molar-refractivity contribution in [1.82, 2.24) is 4.31 Å². The average Bonchev–Trinajstić information content (AvgIpc) is 2.52. The maximum Gasteiger partial charge on any atom is 0.508 e. The first-order valence-electron chi connectivity index (χ1n) is 6.69. The van der Waals surface area contributed by atoms with Crippen LogP contribution in [0.4, 0.5) is 4.79 Å². The second-order valence-corrected chi connectivity index (χ2v) is 6.71. The molecule has 0 aromatic heterocycles. The van der Waals surface area contributed by atoms with Gasteiger partial charge in [0.15, 0.2) is 0 Å². The average molecular weight is 341 g/mol. The molecule has 126 valence electrons. The smallest absolute Gasteiger partial charge is 0.438 e. The predicted octanol–water partition coefficient (Wildman–Crippen LogP) is 1.52. The zero-order chi connectivity index (χ0) is 17.5. The van der Waals surface area contributed by atoms with E-state index in [0.29, 0.717) is 11.9 Å². The maximum absolute atomic E-state index is 12.6. The van der Waals surface area contributed by atoms with Crippen molar-refractivity contribution in [2.45, 2.75) is 11.8 Å². The van der Waals surface area contributed by atoms with Gasteiger partial charge in [-0.15, -0.1) is 0 Å². The van der Waals surface area contributed by atoms with E-state index in [1.807, 2.05) is 6.92 Å². The van der Waals surface area contributed by atoms with Gasteiger partial charge in [0.05, 0.1) is 18.6 Å². The quantitative estimate of drug-likeness (QED) is 0.405. The zero-order valence-corrected chi connectivity index (χ0v) is 13.8. The first kappa shape index (κ1) is 18.9. The van der Waals surface area contributed by atoms with Crippen molar-refractivity contribution in [1.29, 1.82) is 0 Å². The van der Waals surface area contributed by atoms with Crippen LogP contribution < -0.4 is 0 Å². The second-order valence-electron chi connectivity index (χ2n) is 4.77. The third-order valence-electron chi connectivity index (χ3n) is 2.90. The lowest BCUT2D eigenvalue weighted by Crippen LogP contribution is -2.35. The van der Waals surface area contributed by atoms with Crippen molar-refractivity contribution in [3.63, 3.8) is 0 Å². The maximum atomic E-state index is 12.6. The van der Waals surface area contributed by atoms with Crippen LogP contribution in [0.1, 0.15) is 5.56 Å². The van der Waals surface area contributed by atoms with Crippen LogP contribution in [0.3, 0.4) is 0 Å². The van der Waals surface area contributed by atoms with Gasteiger partial charge in [-0.2, -0.15) is 4.31 Å². The molecule has 0 amide bonds. The van der Waals surface area contributed by atoms with Crippen molar-refractivity contribution in [3.8, 4) is 0 Å². The number of nitrogens with zero attached hydrogens (tertiary/aromatic N) is 1. The number of hydrogen-bond acceptors (Lipinski definition) is 6. The molecule has 0 aliphatic rings. The van der Waals surface area contributed by atoms with E-state index in [1.54, 1.807) is 12.1 Å². The lowest BCUT2D eigenvalue weighted by Gasteiger charge is -2.21. The number of benzene rings is 1. The van der Waals surface area contributed by atoms with Crippen LogP contribution in [-0.4, -0.2) is 52.0 Å². The Hall–Kier alpha value is -2.19. The Morgan fingerprint density at radius 1 is 1.30 bits per heavy atom. The summed E-state index contributed by atoms with van der Waals surface area (Å²) < 4.78 is 35.1. The summed E-state index contributed by atoms with van der Waals surface area (Å²) in [5.41, 5.74) is 1.23. The molecule has 1 aromatic carbocycles. The standard InChI is InChI=1S/C15H19NO6S/c1-12-4-6-14(7-5-12)23(19,20)16(8-9-17)10-13(2)11-22-15(18)21-3/h4-7,9H,2,8,10-11H2,1,3H3. The molecule has 0 radical (unpaired) electrons. The Morgan fingerprint density at radius 2 is 1.91 bits per heavy atom. The molecule has 7 nitrogen and oxygen atoms in total. The van der Waals surface area contributed by atoms with E-state index in [0.717, 1.165) is 17.0 Å². The molecule has 0 saturated carbocycles. The monoisotopic (exact) mass is 341 g/mol. The fraction of sp³-hybridized carbons (Fsp3) is 0.333. The Morgan fingerprint density at radius 3 is 2.43 bits per heavy atom. The van der Waals surface area contributed by atoms with Crippen LogP contribution in [0.2, 0.25) is 0 Å². The van der Waals surface area contributed by atoms with Crippen molar-refractivity contribution in [2.24, 2.45) is 0 Å². The van der Waals surface area contributed by atoms with Gasteiger partial charge in [0.25, 0.3) is 0 Å². The molecule has 0 saturated heterocycles. The van der Waals surface area contributed by atoms with Gasteiger partial charge >= 0.3 is 6.16 Å². The summed E-state index contributed by atoms with van der Waals surface area (Å²) in [6, 6.07) is 6.27. The molecule has 0 N–H and O–H groups in total. The third kappa shape index (κ3) is 5.50. The van der Waals surface area contributed by atoms with Gasteiger partial charge in [0.1, 0.15) is 12.9 Å². The SMILES string of the molecule is C=C(COC(=O)OC)CN(CC=O)S(=O)(=O)c1ccc(C)cc1. The highest BCUT2D eigenvalue weighted by Crippen LogP contribution is 2.17. The third-order valence-corrected chi connectivity index (χ3v) is 4.72. The van der Waals surface area contributed by atoms with Crippen molar-refractivity contribution in [3.05, 3.63) is 42.0 Å². The highest BCUT2D eigenvalue weighted by atomic mass is 32.2. The summed E-state index contributed by atoms with van der Waals surface area (Å²) in [5, 5.41) is 0. The van der Waals surface area contributed by atoms with E-state index < -0.39 is 16.2 Å². The molecule has 0 unspecified atom stereocenters. The Labute approximate surface area is 135 Å². The molecular formula is C15H19NO6S. The summed E-state index contributed by atoms with van der Waals surface area (Å²) in [6.07, 6.45) is -0.408. The topological polar surface area (TPSA) is 90.0 Å². The van der Waals surface area contributed by atoms with Gasteiger partial charge in [0.2, 0.25) is 10.0 Å². The van der Waals surface area contributed by atoms with Gasteiger partial charge in [-0.3, -0.25) is 0 Å². The number of carbonyl (C=O) groups excluding carboxylic acids is 2. The van der Waals surface area contributed by atoms with Crippen LogP contribution >= 0.6 is 0 Å². The Bertz CT molecular complexity index is 666. The fourth-order valence-electron chi connectivity index (χ4n) is 1.71. The van der Waals surface area contributed by atoms with E-state index >= 15 is 0 Å². The van der Waals surface area contributed by atoms with Gasteiger partial charge in [-0.05, 0) is 24.6 Å². The number of carbonyl (C=O) groups is 2. The number of rotatable bonds is 8. The minimum atomic E-state index is -3.85. The number of aldehydes is 1. The molecule has 0 fully saturated rings. The first-order valence-corrected chi connectivity index (χ1v) is 8.13. The number of aryl methyl sites for hydroxylation is 1. The normalized spacial score (nSPS) is 11.1. The lowest BCUT2D eigenvalue weighted by molar-refractivity contribution is -0.108. The molecule has 1 aromatic rings. The Balaban J connectivity index is 2.88. The van der Waals surface area contributed by atoms with Crippen LogP contribution in [0, 0.1) is 6.92 Å². The number of ether oxygens (including phenoxy) is 2. The van der Waals surface area contributed by atoms with Crippen LogP contribution in [0.25, 0.3) is 0 Å². The van der Waals surface area contributed by atoms with E-state index in [2.05, 4.69) is 11.3 Å². The Kier molecular flexibility index (Phi) is 6.92. The zero-order valence-electron chi connectivity index (χ0n) is 13.0. The molecule has 0 spiro atoms. The van der Waals surface area contributed by atoms with Gasteiger partial charge in [-0.25, -0.2) is 13.2 Å². The summed E-state index contributed by atoms with van der Waals surface area (Å²) in [6.45, 7) is 4.81. The van der Waals surface area contributed by atoms with E-state index in [1.165, 1.54) is 12.1 Å². The molecule has 0 atom stereocenters. The first-order chi connectivity index (χ1) is 10.8. The van der Waals surface area contributed by atoms with Crippen molar-refractivity contribution in [2.75, 3.05) is 26.8 Å². The number of hydrogen-bond donors (Lipinski definition) is 0. The van der Waals surface area contributed by atoms with Gasteiger partial charge < -0.3 is 14.3 Å². The summed E-state index contributed by atoms with van der Waals surface area (Å²) >= 11 is 0.